The van der Waals surface area contributed by atoms with Crippen LogP contribution in [0.4, 0.5) is 4.79 Å². The van der Waals surface area contributed by atoms with Crippen molar-refractivity contribution in [3.8, 4) is 0 Å². The van der Waals surface area contributed by atoms with Gasteiger partial charge in [-0.15, -0.1) is 0 Å². The fraction of sp³-hybridized carbons (Fsp3) is 0.714. The molecule has 0 aromatic rings. The van der Waals surface area contributed by atoms with Gasteiger partial charge in [0.15, 0.2) is 0 Å². The van der Waals surface area contributed by atoms with Crippen molar-refractivity contribution in [3.05, 3.63) is 0 Å². The van der Waals surface area contributed by atoms with E-state index in [1.54, 1.807) is 6.92 Å². The Hall–Kier alpha value is -1.14. The molecule has 0 radical (unpaired) electrons. The molecular weight excluding hydrogens is 174 g/mol. The zero-order valence-corrected chi connectivity index (χ0v) is 7.45. The summed E-state index contributed by atoms with van der Waals surface area (Å²) in [5.74, 6) is -0.436. The van der Waals surface area contributed by atoms with Crippen molar-refractivity contribution in [1.29, 1.82) is 0 Å². The summed E-state index contributed by atoms with van der Waals surface area (Å²) in [7, 11) is 0. The molecule has 0 spiro atoms. The monoisotopic (exact) mass is 187 g/mol. The van der Waals surface area contributed by atoms with Crippen LogP contribution in [0.1, 0.15) is 13.3 Å². The number of carbonyl (C=O) groups is 2. The number of amides is 3. The lowest BCUT2D eigenvalue weighted by Gasteiger charge is -2.20. The van der Waals surface area contributed by atoms with Crippen LogP contribution in [0.2, 0.25) is 0 Å². The molecule has 1 unspecified atom stereocenters. The van der Waals surface area contributed by atoms with E-state index in [1.165, 1.54) is 5.06 Å². The minimum atomic E-state index is -0.837. The number of primary amides is 1. The molecule has 0 aromatic heterocycles. The summed E-state index contributed by atoms with van der Waals surface area (Å²) < 4.78 is 0. The molecule has 0 aliphatic carbocycles. The maximum atomic E-state index is 11.2. The lowest BCUT2D eigenvalue weighted by Crippen LogP contribution is -2.47. The van der Waals surface area contributed by atoms with Crippen LogP contribution in [0.15, 0.2) is 0 Å². The highest BCUT2D eigenvalue weighted by atomic mass is 16.7. The molecular formula is C7H13N3O3. The van der Waals surface area contributed by atoms with E-state index >= 15 is 0 Å². The van der Waals surface area contributed by atoms with Gasteiger partial charge in [-0.25, -0.2) is 4.79 Å². The number of nitrogens with two attached hydrogens (primary N) is 1. The molecule has 6 nitrogen and oxygen atoms in total. The largest absolute Gasteiger partial charge is 0.351 e. The standard InChI is InChI=1S/C7H13N3O3/c1-5(6(11)9-7(8)12)10-3-2-4-13-10/h5H,2-4H2,1H3,(H3,8,9,11,12). The van der Waals surface area contributed by atoms with E-state index in [1.807, 2.05) is 5.32 Å². The number of rotatable bonds is 2. The van der Waals surface area contributed by atoms with Crippen LogP contribution in [0.5, 0.6) is 0 Å². The molecule has 1 fully saturated rings. The van der Waals surface area contributed by atoms with Crippen molar-refractivity contribution < 1.29 is 14.4 Å². The van der Waals surface area contributed by atoms with E-state index in [0.29, 0.717) is 13.2 Å². The van der Waals surface area contributed by atoms with E-state index in [4.69, 9.17) is 10.6 Å². The summed E-state index contributed by atoms with van der Waals surface area (Å²) in [5, 5.41) is 3.54. The van der Waals surface area contributed by atoms with Crippen molar-refractivity contribution in [1.82, 2.24) is 10.4 Å². The summed E-state index contributed by atoms with van der Waals surface area (Å²) >= 11 is 0. The number of hydrogen-bond acceptors (Lipinski definition) is 4. The number of urea groups is 1. The predicted octanol–water partition coefficient (Wildman–Crippen LogP) is -0.793. The first-order valence-electron chi connectivity index (χ1n) is 4.11. The molecule has 1 aliphatic heterocycles. The van der Waals surface area contributed by atoms with E-state index in [2.05, 4.69) is 0 Å². The average Bonchev–Trinajstić information content (AvgIpc) is 2.53. The third-order valence-corrected chi connectivity index (χ3v) is 1.84. The molecule has 0 aromatic carbocycles. The first kappa shape index (κ1) is 9.94. The second-order valence-corrected chi connectivity index (χ2v) is 2.86. The Bertz CT molecular complexity index is 213. The van der Waals surface area contributed by atoms with E-state index < -0.39 is 18.0 Å². The summed E-state index contributed by atoms with van der Waals surface area (Å²) in [6.45, 7) is 2.98. The SMILES string of the molecule is CC(C(=O)NC(N)=O)N1CCCO1. The Morgan fingerprint density at radius 3 is 2.77 bits per heavy atom. The zero-order valence-electron chi connectivity index (χ0n) is 7.45. The molecule has 1 heterocycles. The molecule has 0 bridgehead atoms. The minimum absolute atomic E-state index is 0.436. The highest BCUT2D eigenvalue weighted by molar-refractivity contribution is 5.96. The Morgan fingerprint density at radius 1 is 1.62 bits per heavy atom. The third-order valence-electron chi connectivity index (χ3n) is 1.84. The second-order valence-electron chi connectivity index (χ2n) is 2.86. The van der Waals surface area contributed by atoms with Gasteiger partial charge in [-0.05, 0) is 13.3 Å². The number of nitrogens with one attached hydrogen (secondary N) is 1. The average molecular weight is 187 g/mol. The first-order chi connectivity index (χ1) is 6.11. The van der Waals surface area contributed by atoms with Gasteiger partial charge in [-0.1, -0.05) is 0 Å². The summed E-state index contributed by atoms with van der Waals surface area (Å²) in [4.78, 5) is 26.7. The number of hydrogen-bond donors (Lipinski definition) is 2. The molecule has 6 heteroatoms. The van der Waals surface area contributed by atoms with Crippen LogP contribution in [0.3, 0.4) is 0 Å². The topological polar surface area (TPSA) is 84.7 Å². The van der Waals surface area contributed by atoms with E-state index in [0.717, 1.165) is 6.42 Å². The Morgan fingerprint density at radius 2 is 2.31 bits per heavy atom. The highest BCUT2D eigenvalue weighted by Gasteiger charge is 2.25. The van der Waals surface area contributed by atoms with Crippen molar-refractivity contribution in [2.75, 3.05) is 13.2 Å². The molecule has 74 valence electrons. The first-order valence-corrected chi connectivity index (χ1v) is 4.11. The fourth-order valence-corrected chi connectivity index (χ4v) is 1.13. The summed E-state index contributed by atoms with van der Waals surface area (Å²) in [5.41, 5.74) is 4.80. The lowest BCUT2D eigenvalue weighted by atomic mass is 10.3. The van der Waals surface area contributed by atoms with Gasteiger partial charge in [0.25, 0.3) is 0 Å². The smallest absolute Gasteiger partial charge is 0.318 e. The summed E-state index contributed by atoms with van der Waals surface area (Å²) in [6, 6.07) is -1.31. The van der Waals surface area contributed by atoms with Crippen molar-refractivity contribution in [3.63, 3.8) is 0 Å². The van der Waals surface area contributed by atoms with Gasteiger partial charge >= 0.3 is 6.03 Å². The van der Waals surface area contributed by atoms with Crippen molar-refractivity contribution >= 4 is 11.9 Å². The van der Waals surface area contributed by atoms with Gasteiger partial charge < -0.3 is 5.73 Å². The zero-order chi connectivity index (χ0) is 9.84. The second kappa shape index (κ2) is 4.20. The van der Waals surface area contributed by atoms with Crippen LogP contribution < -0.4 is 11.1 Å². The Balaban J connectivity index is 2.41. The molecule has 3 amide bonds. The van der Waals surface area contributed by atoms with Crippen LogP contribution in [-0.2, 0) is 9.63 Å². The fourth-order valence-electron chi connectivity index (χ4n) is 1.13. The number of imide groups is 1. The highest BCUT2D eigenvalue weighted by Crippen LogP contribution is 2.08. The Labute approximate surface area is 76.0 Å². The van der Waals surface area contributed by atoms with Crippen LogP contribution >= 0.6 is 0 Å². The molecule has 0 saturated carbocycles. The van der Waals surface area contributed by atoms with Gasteiger partial charge in [0, 0.05) is 6.54 Å². The molecule has 1 rings (SSSR count). The van der Waals surface area contributed by atoms with Crippen molar-refractivity contribution in [2.45, 2.75) is 19.4 Å². The van der Waals surface area contributed by atoms with Crippen LogP contribution in [-0.4, -0.2) is 36.2 Å². The molecule has 1 saturated heterocycles. The quantitative estimate of drug-likeness (QED) is 0.593. The van der Waals surface area contributed by atoms with Gasteiger partial charge in [-0.2, -0.15) is 5.06 Å². The van der Waals surface area contributed by atoms with Gasteiger partial charge in [0.2, 0.25) is 5.91 Å². The van der Waals surface area contributed by atoms with Crippen LogP contribution in [0.25, 0.3) is 0 Å². The molecule has 3 N–H and O–H groups in total. The normalized spacial score (nSPS) is 19.8. The lowest BCUT2D eigenvalue weighted by molar-refractivity contribution is -0.157. The van der Waals surface area contributed by atoms with E-state index in [9.17, 15) is 9.59 Å². The Kier molecular flexibility index (Phi) is 3.21. The predicted molar refractivity (Wildman–Crippen MR) is 44.5 cm³/mol. The number of nitrogens with zero attached hydrogens (tertiary/aromatic N) is 1. The maximum Gasteiger partial charge on any atom is 0.318 e. The molecule has 1 atom stereocenters. The van der Waals surface area contributed by atoms with Crippen molar-refractivity contribution in [2.24, 2.45) is 5.73 Å². The van der Waals surface area contributed by atoms with Gasteiger partial charge in [0.05, 0.1) is 6.61 Å². The number of carbonyl (C=O) groups excluding carboxylic acids is 2. The van der Waals surface area contributed by atoms with Crippen LogP contribution in [0, 0.1) is 0 Å². The molecule has 13 heavy (non-hydrogen) atoms. The maximum absolute atomic E-state index is 11.2. The minimum Gasteiger partial charge on any atom is -0.351 e. The van der Waals surface area contributed by atoms with E-state index in [-0.39, 0.29) is 0 Å². The van der Waals surface area contributed by atoms with Gasteiger partial charge in [-0.3, -0.25) is 14.9 Å². The third kappa shape index (κ3) is 2.67. The van der Waals surface area contributed by atoms with Gasteiger partial charge in [0.1, 0.15) is 6.04 Å². The summed E-state index contributed by atoms with van der Waals surface area (Å²) in [6.07, 6.45) is 0.897. The molecule has 1 aliphatic rings. The number of hydroxylamine groups is 2.